The predicted molar refractivity (Wildman–Crippen MR) is 116 cm³/mol. The van der Waals surface area contributed by atoms with E-state index in [1.807, 2.05) is 62.4 Å². The highest BCUT2D eigenvalue weighted by Gasteiger charge is 2.28. The molecule has 0 spiro atoms. The van der Waals surface area contributed by atoms with E-state index in [1.165, 1.54) is 0 Å². The number of carbonyl (C=O) groups excluding carboxylic acids is 2. The van der Waals surface area contributed by atoms with Crippen molar-refractivity contribution in [3.63, 3.8) is 0 Å². The third kappa shape index (κ3) is 6.79. The van der Waals surface area contributed by atoms with Gasteiger partial charge in [0.2, 0.25) is 0 Å². The molecule has 2 N–H and O–H groups in total. The summed E-state index contributed by atoms with van der Waals surface area (Å²) in [6.45, 7) is 3.87. The van der Waals surface area contributed by atoms with Gasteiger partial charge < -0.3 is 20.1 Å². The zero-order valence-electron chi connectivity index (χ0n) is 17.6. The van der Waals surface area contributed by atoms with Crippen LogP contribution in [-0.4, -0.2) is 37.1 Å². The van der Waals surface area contributed by atoms with Crippen LogP contribution in [0.25, 0.3) is 0 Å². The summed E-state index contributed by atoms with van der Waals surface area (Å²) in [5.74, 6) is 0.983. The molecule has 0 aromatic heterocycles. The highest BCUT2D eigenvalue weighted by Crippen LogP contribution is 2.19. The van der Waals surface area contributed by atoms with Crippen molar-refractivity contribution in [2.24, 2.45) is 0 Å². The molecule has 0 radical (unpaired) electrons. The molecule has 2 aromatic rings. The molecule has 2 atom stereocenters. The van der Waals surface area contributed by atoms with Crippen LogP contribution in [0.15, 0.2) is 48.5 Å². The Morgan fingerprint density at radius 3 is 1.63 bits per heavy atom. The minimum atomic E-state index is -0.182. The van der Waals surface area contributed by atoms with E-state index in [4.69, 9.17) is 9.47 Å². The fourth-order valence-corrected chi connectivity index (χ4v) is 3.68. The molecule has 160 valence electrons. The normalized spacial score (nSPS) is 18.3. The van der Waals surface area contributed by atoms with Crippen LogP contribution in [0.5, 0.6) is 11.5 Å². The Bertz CT molecular complexity index is 796. The number of benzene rings is 2. The number of hydrogen-bond acceptors (Lipinski definition) is 4. The van der Waals surface area contributed by atoms with Crippen molar-refractivity contribution >= 4 is 11.8 Å². The van der Waals surface area contributed by atoms with Gasteiger partial charge in [0.05, 0.1) is 0 Å². The topological polar surface area (TPSA) is 76.7 Å². The Kier molecular flexibility index (Phi) is 7.71. The average Bonchev–Trinajstić information content (AvgIpc) is 2.72. The molecule has 1 saturated carbocycles. The van der Waals surface area contributed by atoms with Gasteiger partial charge in [-0.05, 0) is 62.1 Å². The summed E-state index contributed by atoms with van der Waals surface area (Å²) in [5.41, 5.74) is 2.16. The van der Waals surface area contributed by atoms with E-state index < -0.39 is 0 Å². The summed E-state index contributed by atoms with van der Waals surface area (Å²) < 4.78 is 11.2. The Hall–Kier alpha value is -3.02. The molecule has 0 bridgehead atoms. The van der Waals surface area contributed by atoms with Crippen LogP contribution in [0, 0.1) is 13.8 Å². The van der Waals surface area contributed by atoms with Gasteiger partial charge >= 0.3 is 0 Å². The summed E-state index contributed by atoms with van der Waals surface area (Å²) in [7, 11) is 0. The summed E-state index contributed by atoms with van der Waals surface area (Å²) in [6, 6.07) is 15.0. The van der Waals surface area contributed by atoms with E-state index in [2.05, 4.69) is 10.6 Å². The van der Waals surface area contributed by atoms with Crippen LogP contribution in [0.3, 0.4) is 0 Å². The third-order valence-electron chi connectivity index (χ3n) is 5.18. The first-order valence-corrected chi connectivity index (χ1v) is 10.5. The van der Waals surface area contributed by atoms with Crippen molar-refractivity contribution in [1.82, 2.24) is 10.6 Å². The molecule has 0 saturated heterocycles. The second-order valence-corrected chi connectivity index (χ2v) is 7.84. The molecule has 6 heteroatoms. The number of amides is 2. The van der Waals surface area contributed by atoms with Crippen molar-refractivity contribution in [3.05, 3.63) is 59.7 Å². The predicted octanol–water partition coefficient (Wildman–Crippen LogP) is 3.30. The molecule has 1 aliphatic rings. The standard InChI is InChI=1S/C24H30N2O4/c1-17-7-5-9-19(13-17)29-15-23(27)25-21-11-3-4-12-22(21)26-24(28)16-30-20-10-6-8-18(2)14-20/h5-10,13-14,21-22H,3-4,11-12,15-16H2,1-2H3,(H,25,27)(H,26,28)/t21-,22-/m0/s1. The number of rotatable bonds is 8. The van der Waals surface area contributed by atoms with Crippen molar-refractivity contribution in [2.45, 2.75) is 51.6 Å². The maximum Gasteiger partial charge on any atom is 0.258 e. The number of nitrogens with one attached hydrogen (secondary N) is 2. The molecule has 0 unspecified atom stereocenters. The number of ether oxygens (including phenoxy) is 2. The van der Waals surface area contributed by atoms with E-state index in [1.54, 1.807) is 0 Å². The van der Waals surface area contributed by atoms with Gasteiger partial charge in [-0.25, -0.2) is 0 Å². The van der Waals surface area contributed by atoms with Crippen molar-refractivity contribution in [2.75, 3.05) is 13.2 Å². The van der Waals surface area contributed by atoms with Gasteiger partial charge in [-0.3, -0.25) is 9.59 Å². The maximum absolute atomic E-state index is 12.4. The van der Waals surface area contributed by atoms with Gasteiger partial charge in [0.25, 0.3) is 11.8 Å². The molecule has 2 aromatic carbocycles. The summed E-state index contributed by atoms with van der Waals surface area (Å²) in [6.07, 6.45) is 3.71. The number of aryl methyl sites for hydroxylation is 2. The van der Waals surface area contributed by atoms with Gasteiger partial charge in [-0.1, -0.05) is 37.1 Å². The van der Waals surface area contributed by atoms with Gasteiger partial charge in [0.15, 0.2) is 13.2 Å². The van der Waals surface area contributed by atoms with Crippen LogP contribution in [0.2, 0.25) is 0 Å². The molecular formula is C24H30N2O4. The molecular weight excluding hydrogens is 380 g/mol. The molecule has 1 aliphatic carbocycles. The van der Waals surface area contributed by atoms with E-state index in [9.17, 15) is 9.59 Å². The van der Waals surface area contributed by atoms with Crippen LogP contribution in [0.4, 0.5) is 0 Å². The van der Waals surface area contributed by atoms with Crippen LogP contribution in [-0.2, 0) is 9.59 Å². The first-order chi connectivity index (χ1) is 14.5. The molecule has 6 nitrogen and oxygen atoms in total. The van der Waals surface area contributed by atoms with E-state index in [0.717, 1.165) is 36.8 Å². The molecule has 1 fully saturated rings. The minimum Gasteiger partial charge on any atom is -0.484 e. The first-order valence-electron chi connectivity index (χ1n) is 10.5. The quantitative estimate of drug-likeness (QED) is 0.700. The minimum absolute atomic E-state index is 0.0446. The molecule has 0 heterocycles. The molecule has 30 heavy (non-hydrogen) atoms. The number of carbonyl (C=O) groups is 2. The van der Waals surface area contributed by atoms with E-state index >= 15 is 0 Å². The van der Waals surface area contributed by atoms with Crippen molar-refractivity contribution in [1.29, 1.82) is 0 Å². The Labute approximate surface area is 178 Å². The van der Waals surface area contributed by atoms with Gasteiger partial charge in [-0.15, -0.1) is 0 Å². The molecule has 0 aliphatic heterocycles. The lowest BCUT2D eigenvalue weighted by Gasteiger charge is -2.32. The van der Waals surface area contributed by atoms with E-state index in [0.29, 0.717) is 11.5 Å². The average molecular weight is 411 g/mol. The lowest BCUT2D eigenvalue weighted by molar-refractivity contribution is -0.127. The first kappa shape index (κ1) is 21.7. The van der Waals surface area contributed by atoms with Crippen LogP contribution >= 0.6 is 0 Å². The van der Waals surface area contributed by atoms with Gasteiger partial charge in [0.1, 0.15) is 11.5 Å². The number of hydrogen-bond donors (Lipinski definition) is 2. The monoisotopic (exact) mass is 410 g/mol. The third-order valence-corrected chi connectivity index (χ3v) is 5.18. The summed E-state index contributed by atoms with van der Waals surface area (Å²) in [5, 5.41) is 6.04. The van der Waals surface area contributed by atoms with E-state index in [-0.39, 0.29) is 37.1 Å². The Morgan fingerprint density at radius 2 is 1.23 bits per heavy atom. The Balaban J connectivity index is 1.46. The molecule has 2 amide bonds. The lowest BCUT2D eigenvalue weighted by Crippen LogP contribution is -2.54. The van der Waals surface area contributed by atoms with Gasteiger partial charge in [-0.2, -0.15) is 0 Å². The second kappa shape index (κ2) is 10.7. The second-order valence-electron chi connectivity index (χ2n) is 7.84. The maximum atomic E-state index is 12.4. The largest absolute Gasteiger partial charge is 0.484 e. The van der Waals surface area contributed by atoms with Crippen LogP contribution in [0.1, 0.15) is 36.8 Å². The van der Waals surface area contributed by atoms with Crippen molar-refractivity contribution in [3.8, 4) is 11.5 Å². The SMILES string of the molecule is Cc1cccc(OCC(=O)N[C@H]2CCCC[C@@H]2NC(=O)COc2cccc(C)c2)c1. The highest BCUT2D eigenvalue weighted by molar-refractivity contribution is 5.79. The summed E-state index contributed by atoms with van der Waals surface area (Å²) >= 11 is 0. The fraction of sp³-hybridized carbons (Fsp3) is 0.417. The molecule has 3 rings (SSSR count). The fourth-order valence-electron chi connectivity index (χ4n) is 3.68. The zero-order chi connectivity index (χ0) is 21.3. The lowest BCUT2D eigenvalue weighted by atomic mass is 9.90. The smallest absolute Gasteiger partial charge is 0.258 e. The highest BCUT2D eigenvalue weighted by atomic mass is 16.5. The van der Waals surface area contributed by atoms with Gasteiger partial charge in [0, 0.05) is 12.1 Å². The summed E-state index contributed by atoms with van der Waals surface area (Å²) in [4.78, 5) is 24.7. The van der Waals surface area contributed by atoms with Crippen molar-refractivity contribution < 1.29 is 19.1 Å². The zero-order valence-corrected chi connectivity index (χ0v) is 17.6. The van der Waals surface area contributed by atoms with Crippen LogP contribution < -0.4 is 20.1 Å². The Morgan fingerprint density at radius 1 is 0.800 bits per heavy atom.